The van der Waals surface area contributed by atoms with Crippen LogP contribution >= 0.6 is 0 Å². The van der Waals surface area contributed by atoms with Gasteiger partial charge in [0.25, 0.3) is 0 Å². The van der Waals surface area contributed by atoms with Gasteiger partial charge in [0.2, 0.25) is 0 Å². The van der Waals surface area contributed by atoms with Gasteiger partial charge in [-0.15, -0.1) is 5.11 Å². The number of ether oxygens (including phenoxy) is 1. The normalized spacial score (nSPS) is 10.6. The lowest BCUT2D eigenvalue weighted by atomic mass is 10.1. The van der Waals surface area contributed by atoms with Gasteiger partial charge in [0.1, 0.15) is 11.5 Å². The molecular formula is C20H19N5O. The average Bonchev–Trinajstić information content (AvgIpc) is 2.69. The van der Waals surface area contributed by atoms with Gasteiger partial charge in [-0.3, -0.25) is 5.41 Å². The molecule has 130 valence electrons. The number of nitrogens with one attached hydrogen (secondary N) is 2. The highest BCUT2D eigenvalue weighted by molar-refractivity contribution is 5.97. The summed E-state index contributed by atoms with van der Waals surface area (Å²) in [7, 11) is 0. The second-order valence-electron chi connectivity index (χ2n) is 5.56. The van der Waals surface area contributed by atoms with Gasteiger partial charge in [-0.1, -0.05) is 47.7 Å². The van der Waals surface area contributed by atoms with Gasteiger partial charge in [0.15, 0.2) is 5.84 Å². The lowest BCUT2D eigenvalue weighted by Crippen LogP contribution is -2.01. The summed E-state index contributed by atoms with van der Waals surface area (Å²) in [6, 6.07) is 25.0. The van der Waals surface area contributed by atoms with Crippen molar-refractivity contribution in [3.8, 4) is 11.5 Å². The summed E-state index contributed by atoms with van der Waals surface area (Å²) in [5.41, 5.74) is 2.66. The van der Waals surface area contributed by atoms with Crippen molar-refractivity contribution in [3.63, 3.8) is 0 Å². The maximum atomic E-state index is 7.76. The van der Waals surface area contributed by atoms with Crippen LogP contribution in [-0.4, -0.2) is 5.84 Å². The lowest BCUT2D eigenvalue weighted by molar-refractivity contribution is 0.482. The standard InChI is InChI=1S/C20H19N5O/c21-20(24-25-22)16-5-4-6-17(13-16)23-14-15-9-11-19(12-10-15)26-18-7-2-1-3-8-18/h1-13,23H,14H2,(H3,21,22,24). The van der Waals surface area contributed by atoms with Crippen molar-refractivity contribution in [2.75, 3.05) is 5.32 Å². The molecule has 3 aromatic rings. The Morgan fingerprint density at radius 1 is 0.923 bits per heavy atom. The molecule has 0 atom stereocenters. The highest BCUT2D eigenvalue weighted by atomic mass is 16.5. The van der Waals surface area contributed by atoms with Crippen LogP contribution in [-0.2, 0) is 6.54 Å². The van der Waals surface area contributed by atoms with Gasteiger partial charge in [0.05, 0.1) is 0 Å². The maximum absolute atomic E-state index is 7.76. The zero-order chi connectivity index (χ0) is 18.2. The summed E-state index contributed by atoms with van der Waals surface area (Å²) in [5, 5.41) is 17.8. The molecule has 0 aromatic heterocycles. The lowest BCUT2D eigenvalue weighted by Gasteiger charge is -2.09. The van der Waals surface area contributed by atoms with Crippen LogP contribution in [0.3, 0.4) is 0 Å². The minimum Gasteiger partial charge on any atom is -0.457 e. The van der Waals surface area contributed by atoms with Crippen LogP contribution in [0.4, 0.5) is 5.69 Å². The van der Waals surface area contributed by atoms with Crippen LogP contribution in [0.25, 0.3) is 0 Å². The number of nitrogens with two attached hydrogens (primary N) is 1. The first-order valence-corrected chi connectivity index (χ1v) is 8.10. The van der Waals surface area contributed by atoms with Gasteiger partial charge in [-0.05, 0) is 42.0 Å². The zero-order valence-electron chi connectivity index (χ0n) is 14.1. The summed E-state index contributed by atoms with van der Waals surface area (Å²) < 4.78 is 5.79. The Kier molecular flexibility index (Phi) is 5.57. The van der Waals surface area contributed by atoms with E-state index in [1.54, 1.807) is 6.07 Å². The summed E-state index contributed by atoms with van der Waals surface area (Å²) in [6.45, 7) is 0.654. The van der Waals surface area contributed by atoms with Crippen LogP contribution in [0.5, 0.6) is 11.5 Å². The quantitative estimate of drug-likeness (QED) is 0.198. The van der Waals surface area contributed by atoms with Crippen molar-refractivity contribution in [2.45, 2.75) is 6.54 Å². The summed E-state index contributed by atoms with van der Waals surface area (Å²) >= 11 is 0. The molecule has 0 unspecified atom stereocenters. The fraction of sp³-hybridized carbons (Fsp3) is 0.0500. The minimum atomic E-state index is 0.0264. The first-order chi connectivity index (χ1) is 12.7. The van der Waals surface area contributed by atoms with E-state index in [0.717, 1.165) is 22.7 Å². The highest BCUT2D eigenvalue weighted by Gasteiger charge is 2.02. The molecule has 3 aromatic carbocycles. The molecule has 4 N–H and O–H groups in total. The topological polar surface area (TPSA) is 95.9 Å². The second-order valence-corrected chi connectivity index (χ2v) is 5.56. The Bertz CT molecular complexity index is 892. The van der Waals surface area contributed by atoms with Crippen molar-refractivity contribution >= 4 is 11.5 Å². The number of benzene rings is 3. The van der Waals surface area contributed by atoms with E-state index in [2.05, 4.69) is 15.7 Å². The molecule has 0 amide bonds. The van der Waals surface area contributed by atoms with Crippen molar-refractivity contribution in [3.05, 3.63) is 90.0 Å². The summed E-state index contributed by atoms with van der Waals surface area (Å²) in [4.78, 5) is 0. The molecule has 0 fully saturated rings. The van der Waals surface area contributed by atoms with Crippen LogP contribution in [0.15, 0.2) is 89.2 Å². The van der Waals surface area contributed by atoms with Crippen molar-refractivity contribution in [1.29, 1.82) is 5.41 Å². The third-order valence-electron chi connectivity index (χ3n) is 3.69. The highest BCUT2D eigenvalue weighted by Crippen LogP contribution is 2.21. The maximum Gasteiger partial charge on any atom is 0.176 e. The van der Waals surface area contributed by atoms with Gasteiger partial charge in [-0.2, -0.15) is 0 Å². The Hall–Kier alpha value is -3.67. The van der Waals surface area contributed by atoms with Gasteiger partial charge >= 0.3 is 0 Å². The van der Waals surface area contributed by atoms with E-state index in [-0.39, 0.29) is 5.84 Å². The minimum absolute atomic E-state index is 0.0264. The molecule has 0 aliphatic rings. The largest absolute Gasteiger partial charge is 0.457 e. The van der Waals surface area contributed by atoms with E-state index in [1.807, 2.05) is 72.8 Å². The van der Waals surface area contributed by atoms with E-state index < -0.39 is 0 Å². The van der Waals surface area contributed by atoms with Gasteiger partial charge in [-0.25, -0.2) is 0 Å². The van der Waals surface area contributed by atoms with Crippen LogP contribution in [0.2, 0.25) is 0 Å². The van der Waals surface area contributed by atoms with Crippen molar-refractivity contribution < 1.29 is 4.74 Å². The number of amidine groups is 1. The van der Waals surface area contributed by atoms with Gasteiger partial charge < -0.3 is 15.9 Å². The molecule has 0 saturated heterocycles. The van der Waals surface area contributed by atoms with Gasteiger partial charge in [0, 0.05) is 17.8 Å². The van der Waals surface area contributed by atoms with Crippen molar-refractivity contribution in [2.24, 2.45) is 16.2 Å². The van der Waals surface area contributed by atoms with E-state index in [1.165, 1.54) is 0 Å². The Morgan fingerprint density at radius 2 is 1.65 bits per heavy atom. The Labute approximate surface area is 151 Å². The predicted molar refractivity (Wildman–Crippen MR) is 103 cm³/mol. The SMILES string of the molecule is N=C(N=NN)c1cccc(NCc2ccc(Oc3ccccc3)cc2)c1. The molecule has 26 heavy (non-hydrogen) atoms. The second kappa shape index (κ2) is 8.43. The molecule has 0 aliphatic carbocycles. The smallest absolute Gasteiger partial charge is 0.176 e. The van der Waals surface area contributed by atoms with E-state index in [9.17, 15) is 0 Å². The van der Waals surface area contributed by atoms with Crippen LogP contribution < -0.4 is 15.9 Å². The number of para-hydroxylation sites is 1. The summed E-state index contributed by atoms with van der Waals surface area (Å²) in [6.07, 6.45) is 0. The number of nitrogens with zero attached hydrogens (tertiary/aromatic N) is 2. The van der Waals surface area contributed by atoms with Crippen LogP contribution in [0.1, 0.15) is 11.1 Å². The molecular weight excluding hydrogens is 326 g/mol. The molecule has 3 rings (SSSR count). The Morgan fingerprint density at radius 3 is 2.38 bits per heavy atom. The number of rotatable bonds is 6. The average molecular weight is 345 g/mol. The Balaban J connectivity index is 1.60. The number of hydrogen-bond acceptors (Lipinski definition) is 4. The molecule has 0 saturated carbocycles. The predicted octanol–water partition coefficient (Wildman–Crippen LogP) is 4.74. The zero-order valence-corrected chi connectivity index (χ0v) is 14.1. The first kappa shape index (κ1) is 17.2. The fourth-order valence-corrected chi connectivity index (χ4v) is 2.40. The molecule has 0 aliphatic heterocycles. The van der Waals surface area contributed by atoms with E-state index >= 15 is 0 Å². The molecule has 0 radical (unpaired) electrons. The number of hydrogen-bond donors (Lipinski definition) is 3. The molecule has 6 nitrogen and oxygen atoms in total. The third kappa shape index (κ3) is 4.67. The molecule has 0 spiro atoms. The fourth-order valence-electron chi connectivity index (χ4n) is 2.40. The molecule has 6 heteroatoms. The number of anilines is 1. The third-order valence-corrected chi connectivity index (χ3v) is 3.69. The van der Waals surface area contributed by atoms with Crippen molar-refractivity contribution in [1.82, 2.24) is 0 Å². The first-order valence-electron chi connectivity index (χ1n) is 8.10. The van der Waals surface area contributed by atoms with E-state index in [4.69, 9.17) is 16.0 Å². The molecule has 0 bridgehead atoms. The summed E-state index contributed by atoms with van der Waals surface area (Å²) in [5.74, 6) is 6.62. The van der Waals surface area contributed by atoms with Crippen LogP contribution in [0, 0.1) is 5.41 Å². The monoisotopic (exact) mass is 345 g/mol. The van der Waals surface area contributed by atoms with E-state index in [0.29, 0.717) is 12.1 Å². The molecule has 0 heterocycles.